The van der Waals surface area contributed by atoms with Gasteiger partial charge in [0.05, 0.1) is 17.2 Å². The van der Waals surface area contributed by atoms with Crippen molar-refractivity contribution in [2.75, 3.05) is 45.3 Å². The first-order valence-electron chi connectivity index (χ1n) is 15.7. The van der Waals surface area contributed by atoms with Crippen LogP contribution < -0.4 is 10.6 Å². The summed E-state index contributed by atoms with van der Waals surface area (Å²) in [6, 6.07) is 5.13. The van der Waals surface area contributed by atoms with Gasteiger partial charge in [-0.2, -0.15) is 0 Å². The number of aliphatic carboxylic acids is 1. The number of hydrogen-bond acceptors (Lipinski definition) is 7. The average Bonchev–Trinajstić information content (AvgIpc) is 3.85. The summed E-state index contributed by atoms with van der Waals surface area (Å²) in [5.74, 6) is -0.309. The molecule has 43 heavy (non-hydrogen) atoms. The molecule has 232 valence electrons. The molecule has 3 N–H and O–H groups in total. The number of fused-ring (bicyclic) bond motifs is 2. The van der Waals surface area contributed by atoms with Crippen LogP contribution in [0.25, 0.3) is 6.08 Å². The number of alkyl halides is 1. The zero-order valence-corrected chi connectivity index (χ0v) is 25.1. The third kappa shape index (κ3) is 7.59. The van der Waals surface area contributed by atoms with Gasteiger partial charge < -0.3 is 25.4 Å². The van der Waals surface area contributed by atoms with Gasteiger partial charge in [0.15, 0.2) is 0 Å². The van der Waals surface area contributed by atoms with E-state index in [0.29, 0.717) is 32.5 Å². The minimum absolute atomic E-state index is 0.217. The van der Waals surface area contributed by atoms with Crippen molar-refractivity contribution < 1.29 is 23.8 Å². The number of hydrogen-bond donors (Lipinski definition) is 3. The quantitative estimate of drug-likeness (QED) is 0.249. The lowest BCUT2D eigenvalue weighted by molar-refractivity contribution is -0.142. The van der Waals surface area contributed by atoms with Gasteiger partial charge in [0.2, 0.25) is 5.91 Å². The van der Waals surface area contributed by atoms with E-state index < -0.39 is 30.2 Å². The van der Waals surface area contributed by atoms with Gasteiger partial charge in [-0.1, -0.05) is 12.1 Å². The molecule has 5 rings (SSSR count). The van der Waals surface area contributed by atoms with Crippen LogP contribution in [0, 0.1) is 0 Å². The Morgan fingerprint density at radius 2 is 2.07 bits per heavy atom. The van der Waals surface area contributed by atoms with Gasteiger partial charge in [-0.25, -0.2) is 14.2 Å². The molecule has 1 aliphatic heterocycles. The van der Waals surface area contributed by atoms with Gasteiger partial charge in [-0.05, 0) is 106 Å². The fourth-order valence-corrected chi connectivity index (χ4v) is 6.31. The molecule has 9 nitrogen and oxygen atoms in total. The molecule has 2 atom stereocenters. The smallest absolute Gasteiger partial charge is 0.326 e. The van der Waals surface area contributed by atoms with Crippen molar-refractivity contribution in [2.24, 2.45) is 0 Å². The van der Waals surface area contributed by atoms with Gasteiger partial charge >= 0.3 is 5.97 Å². The maximum Gasteiger partial charge on any atom is 0.326 e. The molecule has 0 bridgehead atoms. The summed E-state index contributed by atoms with van der Waals surface area (Å²) >= 11 is 0. The minimum atomic E-state index is -1.07. The van der Waals surface area contributed by atoms with Crippen molar-refractivity contribution in [3.8, 4) is 0 Å². The number of carbonyl (C=O) groups excluding carboxylic acids is 1. The van der Waals surface area contributed by atoms with Crippen LogP contribution >= 0.6 is 0 Å². The first kappa shape index (κ1) is 31.1. The largest absolute Gasteiger partial charge is 0.480 e. The number of carboxylic acids is 1. The molecule has 3 aliphatic rings. The van der Waals surface area contributed by atoms with Crippen LogP contribution in [-0.4, -0.2) is 84.0 Å². The summed E-state index contributed by atoms with van der Waals surface area (Å²) in [6.07, 6.45) is 13.3. The second-order valence-corrected chi connectivity index (χ2v) is 12.0. The van der Waals surface area contributed by atoms with Gasteiger partial charge in [0.25, 0.3) is 0 Å². The number of nitrogens with zero attached hydrogens (tertiary/aromatic N) is 3. The number of nitrogens with one attached hydrogen (secondary N) is 2. The number of halogens is 1. The molecule has 1 fully saturated rings. The highest BCUT2D eigenvalue weighted by molar-refractivity contribution is 5.94. The van der Waals surface area contributed by atoms with Crippen molar-refractivity contribution in [1.82, 2.24) is 20.2 Å². The van der Waals surface area contributed by atoms with Gasteiger partial charge in [-0.15, -0.1) is 0 Å². The number of anilines is 1. The molecule has 1 amide bonds. The van der Waals surface area contributed by atoms with Crippen molar-refractivity contribution in [1.29, 1.82) is 0 Å². The lowest BCUT2D eigenvalue weighted by Crippen LogP contribution is -2.48. The van der Waals surface area contributed by atoms with E-state index in [2.05, 4.69) is 38.7 Å². The van der Waals surface area contributed by atoms with E-state index in [9.17, 15) is 19.1 Å². The predicted octanol–water partition coefficient (Wildman–Crippen LogP) is 4.09. The van der Waals surface area contributed by atoms with E-state index in [1.54, 1.807) is 6.20 Å². The molecule has 0 radical (unpaired) electrons. The Morgan fingerprint density at radius 3 is 2.84 bits per heavy atom. The SMILES string of the molecule is CO[C@H](CF)CN(CCCCc1ccc2c(n1)NCCC2)CC[C@H](NC(=O)C1(c2ccnc3c2CCC=C3)CC1)C(=O)O. The van der Waals surface area contributed by atoms with Crippen molar-refractivity contribution >= 4 is 23.8 Å². The van der Waals surface area contributed by atoms with E-state index in [4.69, 9.17) is 9.72 Å². The number of rotatable bonds is 16. The number of carbonyl (C=O) groups is 2. The maximum atomic E-state index is 13.6. The Balaban J connectivity index is 1.17. The maximum absolute atomic E-state index is 13.6. The number of aromatic nitrogens is 2. The van der Waals surface area contributed by atoms with E-state index in [-0.39, 0.29) is 12.3 Å². The number of ether oxygens (including phenoxy) is 1. The molecule has 2 aromatic heterocycles. The zero-order valence-electron chi connectivity index (χ0n) is 25.1. The van der Waals surface area contributed by atoms with Gasteiger partial charge in [-0.3, -0.25) is 9.78 Å². The van der Waals surface area contributed by atoms with E-state index in [1.807, 2.05) is 12.1 Å². The number of allylic oxidation sites excluding steroid dienone is 1. The predicted molar refractivity (Wildman–Crippen MR) is 164 cm³/mol. The fraction of sp³-hybridized carbons (Fsp3) is 0.576. The van der Waals surface area contributed by atoms with Crippen LogP contribution in [0.4, 0.5) is 10.2 Å². The highest BCUT2D eigenvalue weighted by atomic mass is 19.1. The second-order valence-electron chi connectivity index (χ2n) is 12.0. The van der Waals surface area contributed by atoms with Crippen LogP contribution in [0.15, 0.2) is 30.5 Å². The highest BCUT2D eigenvalue weighted by Crippen LogP contribution is 2.50. The van der Waals surface area contributed by atoms with Crippen molar-refractivity contribution in [3.05, 3.63) is 58.6 Å². The summed E-state index contributed by atoms with van der Waals surface area (Å²) in [5.41, 5.74) is 4.58. The van der Waals surface area contributed by atoms with Gasteiger partial charge in [0, 0.05) is 38.6 Å². The number of amides is 1. The van der Waals surface area contributed by atoms with E-state index in [0.717, 1.165) is 79.8 Å². The zero-order chi connectivity index (χ0) is 30.2. The number of carboxylic acid groups (broad SMARTS) is 1. The van der Waals surface area contributed by atoms with Crippen molar-refractivity contribution in [3.63, 3.8) is 0 Å². The highest BCUT2D eigenvalue weighted by Gasteiger charge is 2.53. The van der Waals surface area contributed by atoms with Crippen molar-refractivity contribution in [2.45, 2.75) is 81.8 Å². The number of methoxy groups -OCH3 is 1. The first-order chi connectivity index (χ1) is 20.9. The molecule has 0 unspecified atom stereocenters. The Morgan fingerprint density at radius 1 is 1.21 bits per heavy atom. The summed E-state index contributed by atoms with van der Waals surface area (Å²) < 4.78 is 18.9. The topological polar surface area (TPSA) is 117 Å². The average molecular weight is 594 g/mol. The molecule has 2 aliphatic carbocycles. The van der Waals surface area contributed by atoms with Crippen LogP contribution in [0.2, 0.25) is 0 Å². The summed E-state index contributed by atoms with van der Waals surface area (Å²) in [7, 11) is 1.49. The molecule has 10 heteroatoms. The van der Waals surface area contributed by atoms with Crippen LogP contribution in [0.3, 0.4) is 0 Å². The Bertz CT molecular complexity index is 1310. The number of unbranched alkanes of at least 4 members (excludes halogenated alkanes) is 1. The van der Waals surface area contributed by atoms with Crippen LogP contribution in [0.5, 0.6) is 0 Å². The number of aryl methyl sites for hydroxylation is 2. The lowest BCUT2D eigenvalue weighted by atomic mass is 9.86. The summed E-state index contributed by atoms with van der Waals surface area (Å²) in [4.78, 5) is 37.1. The van der Waals surface area contributed by atoms with Crippen LogP contribution in [-0.2, 0) is 39.0 Å². The molecule has 0 aromatic carbocycles. The summed E-state index contributed by atoms with van der Waals surface area (Å²) in [5, 5.41) is 16.3. The van der Waals surface area contributed by atoms with E-state index in [1.165, 1.54) is 12.7 Å². The fourth-order valence-electron chi connectivity index (χ4n) is 6.31. The molecule has 0 saturated heterocycles. The Hall–Kier alpha value is -3.37. The molecule has 1 saturated carbocycles. The third-order valence-corrected chi connectivity index (χ3v) is 9.04. The standard InChI is InChI=1S/C33H44FN5O4/c1-43-25(21-34)22-39(19-5-4-8-24-12-11-23-7-6-17-36-30(23)37-24)20-14-29(31(40)41)38-32(42)33(15-16-33)27-13-18-35-28-10-3-2-9-26(27)28/h3,10-13,18,25,29H,2,4-9,14-17,19-22H2,1H3,(H,36,37)(H,38,42)(H,40,41)/t25-,29+/m1/s1. The molecule has 0 spiro atoms. The second kappa shape index (κ2) is 14.4. The van der Waals surface area contributed by atoms with Gasteiger partial charge in [0.1, 0.15) is 18.5 Å². The first-order valence-corrected chi connectivity index (χ1v) is 15.7. The third-order valence-electron chi connectivity index (χ3n) is 9.04. The normalized spacial score (nSPS) is 17.8. The monoisotopic (exact) mass is 593 g/mol. The Kier molecular flexibility index (Phi) is 10.4. The molecular formula is C33H44FN5O4. The molecule has 2 aromatic rings. The van der Waals surface area contributed by atoms with Crippen LogP contribution in [0.1, 0.15) is 73.0 Å². The minimum Gasteiger partial charge on any atom is -0.480 e. The summed E-state index contributed by atoms with van der Waals surface area (Å²) in [6.45, 7) is 1.77. The Labute approximate surface area is 253 Å². The molecule has 3 heterocycles. The lowest BCUT2D eigenvalue weighted by Gasteiger charge is -2.28. The number of pyridine rings is 2. The molecular weight excluding hydrogens is 549 g/mol. The van der Waals surface area contributed by atoms with E-state index >= 15 is 0 Å².